The number of nitrogens with one attached hydrogen (secondary N) is 1. The first kappa shape index (κ1) is 10.3. The van der Waals surface area contributed by atoms with Crippen LogP contribution in [0.1, 0.15) is 19.8 Å². The number of likely N-dealkylation sites (tertiary alicyclic amines) is 1. The molecule has 3 heteroatoms. The van der Waals surface area contributed by atoms with Gasteiger partial charge in [-0.3, -0.25) is 4.79 Å². The molecule has 1 aliphatic carbocycles. The van der Waals surface area contributed by atoms with Crippen LogP contribution in [0.4, 0.5) is 0 Å². The van der Waals surface area contributed by atoms with Gasteiger partial charge in [-0.1, -0.05) is 12.2 Å². The van der Waals surface area contributed by atoms with Crippen LogP contribution in [0.2, 0.25) is 0 Å². The Morgan fingerprint density at radius 3 is 2.75 bits per heavy atom. The van der Waals surface area contributed by atoms with Crippen LogP contribution in [0, 0.1) is 17.8 Å². The Morgan fingerprint density at radius 2 is 2.06 bits per heavy atom. The molecule has 0 saturated carbocycles. The van der Waals surface area contributed by atoms with E-state index < -0.39 is 0 Å². The van der Waals surface area contributed by atoms with Gasteiger partial charge in [-0.2, -0.15) is 0 Å². The highest BCUT2D eigenvalue weighted by Gasteiger charge is 2.44. The molecule has 0 aromatic heterocycles. The third-order valence-corrected chi connectivity index (χ3v) is 4.57. The Bertz CT molecular complexity index is 318. The monoisotopic (exact) mass is 220 g/mol. The fourth-order valence-electron chi connectivity index (χ4n) is 3.51. The van der Waals surface area contributed by atoms with E-state index in [1.807, 2.05) is 0 Å². The van der Waals surface area contributed by atoms with Crippen molar-refractivity contribution in [3.05, 3.63) is 12.2 Å². The predicted molar refractivity (Wildman–Crippen MR) is 62.9 cm³/mol. The predicted octanol–water partition coefficient (Wildman–Crippen LogP) is 1.02. The molecule has 2 saturated heterocycles. The molecule has 16 heavy (non-hydrogen) atoms. The van der Waals surface area contributed by atoms with Crippen LogP contribution >= 0.6 is 0 Å². The Kier molecular flexibility index (Phi) is 2.51. The van der Waals surface area contributed by atoms with E-state index in [1.54, 1.807) is 0 Å². The molecule has 0 radical (unpaired) electrons. The van der Waals surface area contributed by atoms with E-state index in [1.165, 1.54) is 0 Å². The minimum Gasteiger partial charge on any atom is -0.339 e. The fraction of sp³-hybridized carbons (Fsp3) is 0.769. The number of fused-ring (bicyclic) bond motifs is 1. The minimum absolute atomic E-state index is 0.245. The summed E-state index contributed by atoms with van der Waals surface area (Å²) in [5, 5.41) is 3.43. The van der Waals surface area contributed by atoms with Gasteiger partial charge in [0.05, 0.1) is 0 Å². The van der Waals surface area contributed by atoms with E-state index >= 15 is 0 Å². The van der Waals surface area contributed by atoms with E-state index in [4.69, 9.17) is 0 Å². The van der Waals surface area contributed by atoms with Gasteiger partial charge in [0.1, 0.15) is 0 Å². The first-order chi connectivity index (χ1) is 7.77. The molecule has 2 heterocycles. The molecular formula is C13H20N2O. The Morgan fingerprint density at radius 1 is 1.31 bits per heavy atom. The van der Waals surface area contributed by atoms with Gasteiger partial charge in [-0.15, -0.1) is 0 Å². The lowest BCUT2D eigenvalue weighted by Gasteiger charge is -2.27. The van der Waals surface area contributed by atoms with Gasteiger partial charge in [-0.25, -0.2) is 0 Å². The molecule has 2 fully saturated rings. The van der Waals surface area contributed by atoms with E-state index in [9.17, 15) is 4.79 Å². The number of nitrogens with zero attached hydrogens (tertiary/aromatic N) is 1. The minimum atomic E-state index is 0.245. The first-order valence-electron chi connectivity index (χ1n) is 6.43. The van der Waals surface area contributed by atoms with Crippen molar-refractivity contribution in [2.24, 2.45) is 17.8 Å². The van der Waals surface area contributed by atoms with Crippen LogP contribution in [-0.2, 0) is 4.79 Å². The molecule has 0 aromatic carbocycles. The Hall–Kier alpha value is -0.830. The normalized spacial score (nSPS) is 38.3. The van der Waals surface area contributed by atoms with Crippen molar-refractivity contribution >= 4 is 5.91 Å². The highest BCUT2D eigenvalue weighted by molar-refractivity contribution is 5.80. The summed E-state index contributed by atoms with van der Waals surface area (Å²) in [6.07, 6.45) is 6.20. The summed E-state index contributed by atoms with van der Waals surface area (Å²) < 4.78 is 0. The van der Waals surface area contributed by atoms with Crippen LogP contribution in [-0.4, -0.2) is 36.5 Å². The molecule has 0 aromatic rings. The average molecular weight is 220 g/mol. The summed E-state index contributed by atoms with van der Waals surface area (Å²) >= 11 is 0. The zero-order chi connectivity index (χ0) is 11.1. The number of rotatable bonds is 1. The quantitative estimate of drug-likeness (QED) is 0.669. The Balaban J connectivity index is 1.69. The molecule has 1 N–H and O–H groups in total. The molecular weight excluding hydrogens is 200 g/mol. The summed E-state index contributed by atoms with van der Waals surface area (Å²) in [7, 11) is 0. The maximum Gasteiger partial charge on any atom is 0.226 e. The molecule has 3 unspecified atom stereocenters. The summed E-state index contributed by atoms with van der Waals surface area (Å²) in [5.41, 5.74) is 0. The second kappa shape index (κ2) is 3.88. The number of carbonyl (C=O) groups excluding carboxylic acids is 1. The molecule has 0 bridgehead atoms. The van der Waals surface area contributed by atoms with Crippen LogP contribution in [0.25, 0.3) is 0 Å². The number of allylic oxidation sites excluding steroid dienone is 2. The zero-order valence-electron chi connectivity index (χ0n) is 9.86. The molecule has 3 atom stereocenters. The summed E-state index contributed by atoms with van der Waals surface area (Å²) in [6.45, 7) is 5.40. The van der Waals surface area contributed by atoms with Crippen molar-refractivity contribution in [3.63, 3.8) is 0 Å². The van der Waals surface area contributed by atoms with E-state index in [-0.39, 0.29) is 5.92 Å². The molecule has 3 aliphatic rings. The van der Waals surface area contributed by atoms with Crippen LogP contribution in [0.15, 0.2) is 12.2 Å². The fourth-order valence-corrected chi connectivity index (χ4v) is 3.51. The maximum atomic E-state index is 12.4. The molecule has 0 spiro atoms. The highest BCUT2D eigenvalue weighted by atomic mass is 16.2. The highest BCUT2D eigenvalue weighted by Crippen LogP contribution is 2.34. The summed E-state index contributed by atoms with van der Waals surface area (Å²) in [6, 6.07) is 0.438. The van der Waals surface area contributed by atoms with Gasteiger partial charge in [0.2, 0.25) is 5.91 Å². The van der Waals surface area contributed by atoms with E-state index in [0.29, 0.717) is 23.8 Å². The lowest BCUT2D eigenvalue weighted by atomic mass is 9.95. The van der Waals surface area contributed by atoms with Gasteiger partial charge in [0.25, 0.3) is 0 Å². The molecule has 3 rings (SSSR count). The summed E-state index contributed by atoms with van der Waals surface area (Å²) in [4.78, 5) is 14.5. The van der Waals surface area contributed by atoms with Crippen molar-refractivity contribution in [1.82, 2.24) is 10.2 Å². The molecule has 2 aliphatic heterocycles. The second-order valence-corrected chi connectivity index (χ2v) is 5.45. The van der Waals surface area contributed by atoms with Gasteiger partial charge >= 0.3 is 0 Å². The summed E-state index contributed by atoms with van der Waals surface area (Å²) in [5.74, 6) is 2.03. The van der Waals surface area contributed by atoms with Gasteiger partial charge in [-0.05, 0) is 31.6 Å². The van der Waals surface area contributed by atoms with Crippen molar-refractivity contribution in [2.45, 2.75) is 25.8 Å². The van der Waals surface area contributed by atoms with Crippen molar-refractivity contribution in [1.29, 1.82) is 0 Å². The molecule has 1 amide bonds. The standard InChI is InChI=1S/C13H20N2O/c1-9-12-7-14-6-11(12)8-15(9)13(16)10-4-2-3-5-10/h2-3,9-12,14H,4-8H2,1H3. The van der Waals surface area contributed by atoms with Crippen LogP contribution in [0.3, 0.4) is 0 Å². The van der Waals surface area contributed by atoms with Crippen molar-refractivity contribution < 1.29 is 4.79 Å². The first-order valence-corrected chi connectivity index (χ1v) is 6.43. The van der Waals surface area contributed by atoms with Crippen LogP contribution in [0.5, 0.6) is 0 Å². The second-order valence-electron chi connectivity index (χ2n) is 5.45. The maximum absolute atomic E-state index is 12.4. The van der Waals surface area contributed by atoms with Gasteiger partial charge in [0, 0.05) is 31.6 Å². The van der Waals surface area contributed by atoms with Gasteiger partial charge in [0.15, 0.2) is 0 Å². The topological polar surface area (TPSA) is 32.3 Å². The van der Waals surface area contributed by atoms with Crippen molar-refractivity contribution in [3.8, 4) is 0 Å². The van der Waals surface area contributed by atoms with E-state index in [2.05, 4.69) is 29.3 Å². The van der Waals surface area contributed by atoms with Gasteiger partial charge < -0.3 is 10.2 Å². The van der Waals surface area contributed by atoms with E-state index in [0.717, 1.165) is 32.5 Å². The smallest absolute Gasteiger partial charge is 0.226 e. The molecule has 3 nitrogen and oxygen atoms in total. The number of amides is 1. The average Bonchev–Trinajstić information content (AvgIpc) is 2.95. The lowest BCUT2D eigenvalue weighted by molar-refractivity contribution is -0.136. The Labute approximate surface area is 96.9 Å². The number of hydrogen-bond donors (Lipinski definition) is 1. The number of hydrogen-bond acceptors (Lipinski definition) is 2. The van der Waals surface area contributed by atoms with Crippen molar-refractivity contribution in [2.75, 3.05) is 19.6 Å². The largest absolute Gasteiger partial charge is 0.339 e. The third kappa shape index (κ3) is 1.49. The third-order valence-electron chi connectivity index (χ3n) is 4.57. The SMILES string of the molecule is CC1C2CNCC2CN1C(=O)C1CC=CC1. The van der Waals surface area contributed by atoms with Crippen LogP contribution < -0.4 is 5.32 Å². The number of carbonyl (C=O) groups is 1. The lowest BCUT2D eigenvalue weighted by Crippen LogP contribution is -2.41. The molecule has 88 valence electrons. The zero-order valence-corrected chi connectivity index (χ0v) is 9.86.